The van der Waals surface area contributed by atoms with Crippen LogP contribution in [0, 0.1) is 10.1 Å². The molecule has 0 N–H and O–H groups in total. The molecule has 0 bridgehead atoms. The van der Waals surface area contributed by atoms with E-state index < -0.39 is 4.92 Å². The molecule has 3 rings (SSSR count). The molecule has 0 radical (unpaired) electrons. The number of nitrogens with zero attached hydrogens (tertiary/aromatic N) is 2. The van der Waals surface area contributed by atoms with Gasteiger partial charge in [0.15, 0.2) is 0 Å². The molecule has 6 nitrogen and oxygen atoms in total. The van der Waals surface area contributed by atoms with Crippen molar-refractivity contribution < 1.29 is 9.72 Å². The van der Waals surface area contributed by atoms with Gasteiger partial charge in [0.1, 0.15) is 0 Å². The fraction of sp³-hybridized carbons (Fsp3) is 0.125. The second-order valence-electron chi connectivity index (χ2n) is 4.93. The maximum atomic E-state index is 12.1. The van der Waals surface area contributed by atoms with Crippen LogP contribution in [0.4, 0.5) is 5.69 Å². The number of fused-ring (bicyclic) bond motifs is 1. The molecule has 3 aromatic rings. The highest BCUT2D eigenvalue weighted by atomic mass is 32.2. The second-order valence-corrected chi connectivity index (χ2v) is 6.99. The van der Waals surface area contributed by atoms with Crippen molar-refractivity contribution in [2.75, 3.05) is 5.75 Å². The van der Waals surface area contributed by atoms with Gasteiger partial charge in [-0.1, -0.05) is 35.2 Å². The Morgan fingerprint density at radius 3 is 2.58 bits per heavy atom. The molecule has 1 heterocycles. The second kappa shape index (κ2) is 6.98. The highest BCUT2D eigenvalue weighted by molar-refractivity contribution is 8.14. The quantitative estimate of drug-likeness (QED) is 0.513. The van der Waals surface area contributed by atoms with Crippen LogP contribution >= 0.6 is 23.1 Å². The van der Waals surface area contributed by atoms with E-state index in [9.17, 15) is 19.7 Å². The maximum Gasteiger partial charge on any atom is 0.308 e. The number of nitro groups is 1. The SMILES string of the molecule is O=C(SCCn1c(=O)sc2ccccc21)c1ccc([N+](=O)[O-])cc1. The number of hydrogen-bond acceptors (Lipinski definition) is 6. The summed E-state index contributed by atoms with van der Waals surface area (Å²) < 4.78 is 2.59. The molecule has 0 unspecified atom stereocenters. The Labute approximate surface area is 144 Å². The highest BCUT2D eigenvalue weighted by Gasteiger charge is 2.11. The van der Waals surface area contributed by atoms with Crippen molar-refractivity contribution in [2.24, 2.45) is 0 Å². The number of thioether (sulfide) groups is 1. The van der Waals surface area contributed by atoms with Crippen molar-refractivity contribution >= 4 is 44.1 Å². The van der Waals surface area contributed by atoms with Crippen LogP contribution in [-0.2, 0) is 6.54 Å². The molecule has 0 atom stereocenters. The number of para-hydroxylation sites is 1. The summed E-state index contributed by atoms with van der Waals surface area (Å²) in [7, 11) is 0. The van der Waals surface area contributed by atoms with Crippen LogP contribution in [0.25, 0.3) is 10.2 Å². The van der Waals surface area contributed by atoms with Crippen molar-refractivity contribution in [1.82, 2.24) is 4.57 Å². The molecule has 0 fully saturated rings. The van der Waals surface area contributed by atoms with E-state index in [0.717, 1.165) is 22.0 Å². The van der Waals surface area contributed by atoms with E-state index in [0.29, 0.717) is 17.9 Å². The topological polar surface area (TPSA) is 82.2 Å². The van der Waals surface area contributed by atoms with Crippen LogP contribution in [0.2, 0.25) is 0 Å². The lowest BCUT2D eigenvalue weighted by molar-refractivity contribution is -0.384. The molecule has 0 saturated heterocycles. The first-order chi connectivity index (χ1) is 11.6. The minimum Gasteiger partial charge on any atom is -0.298 e. The van der Waals surface area contributed by atoms with Crippen molar-refractivity contribution in [2.45, 2.75) is 6.54 Å². The number of carbonyl (C=O) groups excluding carboxylic acids is 1. The normalized spacial score (nSPS) is 10.8. The van der Waals surface area contributed by atoms with Gasteiger partial charge in [-0.05, 0) is 24.3 Å². The van der Waals surface area contributed by atoms with E-state index in [1.54, 1.807) is 4.57 Å². The van der Waals surface area contributed by atoms with Gasteiger partial charge in [-0.25, -0.2) is 0 Å². The van der Waals surface area contributed by atoms with Gasteiger partial charge in [0, 0.05) is 30.0 Å². The van der Waals surface area contributed by atoms with E-state index in [1.165, 1.54) is 35.6 Å². The highest BCUT2D eigenvalue weighted by Crippen LogP contribution is 2.19. The predicted octanol–water partition coefficient (Wildman–Crippen LogP) is 3.54. The van der Waals surface area contributed by atoms with Gasteiger partial charge in [-0.2, -0.15) is 0 Å². The first-order valence-corrected chi connectivity index (χ1v) is 8.86. The van der Waals surface area contributed by atoms with Crippen LogP contribution in [0.15, 0.2) is 53.3 Å². The number of rotatable bonds is 5. The molecular weight excluding hydrogens is 348 g/mol. The Balaban J connectivity index is 1.65. The van der Waals surface area contributed by atoms with Gasteiger partial charge in [0.05, 0.1) is 15.1 Å². The van der Waals surface area contributed by atoms with Crippen molar-refractivity contribution in [1.29, 1.82) is 0 Å². The zero-order valence-electron chi connectivity index (χ0n) is 12.4. The zero-order valence-corrected chi connectivity index (χ0v) is 14.0. The molecule has 8 heteroatoms. The van der Waals surface area contributed by atoms with E-state index in [-0.39, 0.29) is 15.7 Å². The number of nitro benzene ring substituents is 1. The van der Waals surface area contributed by atoms with Gasteiger partial charge in [0.25, 0.3) is 5.69 Å². The number of benzene rings is 2. The summed E-state index contributed by atoms with van der Waals surface area (Å²) in [5.41, 5.74) is 1.23. The lowest BCUT2D eigenvalue weighted by Gasteiger charge is -2.03. The zero-order chi connectivity index (χ0) is 17.1. The average Bonchev–Trinajstić information content (AvgIpc) is 2.90. The largest absolute Gasteiger partial charge is 0.308 e. The van der Waals surface area contributed by atoms with E-state index in [2.05, 4.69) is 0 Å². The molecule has 0 saturated carbocycles. The molecule has 0 amide bonds. The van der Waals surface area contributed by atoms with Crippen LogP contribution in [0.5, 0.6) is 0 Å². The summed E-state index contributed by atoms with van der Waals surface area (Å²) in [6.45, 7) is 0.437. The van der Waals surface area contributed by atoms with E-state index in [4.69, 9.17) is 0 Å². The number of carbonyl (C=O) groups is 1. The third-order valence-electron chi connectivity index (χ3n) is 3.44. The predicted molar refractivity (Wildman–Crippen MR) is 96.0 cm³/mol. The number of aromatic nitrogens is 1. The third kappa shape index (κ3) is 3.39. The van der Waals surface area contributed by atoms with E-state index in [1.807, 2.05) is 24.3 Å². The minimum atomic E-state index is -0.504. The summed E-state index contributed by atoms with van der Waals surface area (Å²) in [5, 5.41) is 10.4. The molecule has 24 heavy (non-hydrogen) atoms. The fourth-order valence-corrected chi connectivity index (χ4v) is 3.94. The lowest BCUT2D eigenvalue weighted by atomic mass is 10.2. The van der Waals surface area contributed by atoms with Crippen LogP contribution in [0.1, 0.15) is 10.4 Å². The Kier molecular flexibility index (Phi) is 4.77. The van der Waals surface area contributed by atoms with Gasteiger partial charge in [-0.3, -0.25) is 24.3 Å². The summed E-state index contributed by atoms with van der Waals surface area (Å²) in [4.78, 5) is 34.2. The molecule has 122 valence electrons. The monoisotopic (exact) mass is 360 g/mol. The molecule has 2 aromatic carbocycles. The smallest absolute Gasteiger partial charge is 0.298 e. The minimum absolute atomic E-state index is 0.0421. The van der Waals surface area contributed by atoms with Crippen molar-refractivity contribution in [3.63, 3.8) is 0 Å². The fourth-order valence-electron chi connectivity index (χ4n) is 2.26. The molecule has 0 aliphatic rings. The standard InChI is InChI=1S/C16H12N2O4S2/c19-15(11-5-7-12(8-6-11)18(21)22)23-10-9-17-13-3-1-2-4-14(13)24-16(17)20/h1-8H,9-10H2. The van der Waals surface area contributed by atoms with Gasteiger partial charge < -0.3 is 0 Å². The summed E-state index contributed by atoms with van der Waals surface area (Å²) in [5.74, 6) is 0.455. The number of hydrogen-bond donors (Lipinski definition) is 0. The Morgan fingerprint density at radius 1 is 1.17 bits per heavy atom. The average molecular weight is 360 g/mol. The van der Waals surface area contributed by atoms with Gasteiger partial charge in [-0.15, -0.1) is 0 Å². The number of aryl methyl sites for hydroxylation is 1. The number of non-ortho nitro benzene ring substituents is 1. The third-order valence-corrected chi connectivity index (χ3v) is 5.28. The molecule has 0 aliphatic carbocycles. The summed E-state index contributed by atoms with van der Waals surface area (Å²) in [6.07, 6.45) is 0. The van der Waals surface area contributed by atoms with E-state index >= 15 is 0 Å². The lowest BCUT2D eigenvalue weighted by Crippen LogP contribution is -2.14. The van der Waals surface area contributed by atoms with Crippen molar-refractivity contribution in [3.05, 3.63) is 73.9 Å². The van der Waals surface area contributed by atoms with Gasteiger partial charge >= 0.3 is 4.87 Å². The van der Waals surface area contributed by atoms with Crippen LogP contribution in [-0.4, -0.2) is 20.4 Å². The Hall–Kier alpha value is -2.45. The van der Waals surface area contributed by atoms with Crippen LogP contribution in [0.3, 0.4) is 0 Å². The first-order valence-electron chi connectivity index (χ1n) is 7.06. The first kappa shape index (κ1) is 16.4. The summed E-state index contributed by atoms with van der Waals surface area (Å²) in [6, 6.07) is 13.0. The molecular formula is C16H12N2O4S2. The molecule has 1 aromatic heterocycles. The van der Waals surface area contributed by atoms with Crippen LogP contribution < -0.4 is 4.87 Å². The van der Waals surface area contributed by atoms with Crippen molar-refractivity contribution in [3.8, 4) is 0 Å². The summed E-state index contributed by atoms with van der Waals surface area (Å²) >= 11 is 2.28. The van der Waals surface area contributed by atoms with Gasteiger partial charge in [0.2, 0.25) is 5.12 Å². The maximum absolute atomic E-state index is 12.1. The Morgan fingerprint density at radius 2 is 1.88 bits per heavy atom. The molecule has 0 aliphatic heterocycles. The number of thiazole rings is 1. The Bertz CT molecular complexity index is 960. The molecule has 0 spiro atoms.